The number of ketones is 2. The minimum absolute atomic E-state index is 0.0420. The third-order valence-corrected chi connectivity index (χ3v) is 7.52. The molecule has 10 heteroatoms. The van der Waals surface area contributed by atoms with Crippen LogP contribution in [0.5, 0.6) is 23.0 Å². The number of aromatic hydroxyl groups is 4. The van der Waals surface area contributed by atoms with Crippen molar-refractivity contribution in [2.24, 2.45) is 0 Å². The van der Waals surface area contributed by atoms with Gasteiger partial charge in [0.05, 0.1) is 33.4 Å². The molecule has 2 atom stereocenters. The summed E-state index contributed by atoms with van der Waals surface area (Å²) in [5.74, 6) is -8.61. The van der Waals surface area contributed by atoms with Gasteiger partial charge in [-0.15, -0.1) is 0 Å². The van der Waals surface area contributed by atoms with Gasteiger partial charge in [-0.3, -0.25) is 9.59 Å². The van der Waals surface area contributed by atoms with Crippen LogP contribution in [0.4, 0.5) is 0 Å². The number of phenols is 4. The zero-order valence-electron chi connectivity index (χ0n) is 20.2. The number of carboxylic acids is 2. The lowest BCUT2D eigenvalue weighted by molar-refractivity contribution is 0.0685. The zero-order chi connectivity index (χ0) is 28.6. The Balaban J connectivity index is 1.79. The van der Waals surface area contributed by atoms with Crippen LogP contribution in [-0.2, 0) is 0 Å². The Morgan fingerprint density at radius 3 is 1.20 bits per heavy atom. The summed E-state index contributed by atoms with van der Waals surface area (Å²) in [6.07, 6.45) is 0. The fourth-order valence-corrected chi connectivity index (χ4v) is 5.96. The largest absolute Gasteiger partial charge is 0.507 e. The Morgan fingerprint density at radius 1 is 0.500 bits per heavy atom. The van der Waals surface area contributed by atoms with E-state index in [-0.39, 0.29) is 55.6 Å². The molecule has 0 fully saturated rings. The molecule has 0 aliphatic heterocycles. The van der Waals surface area contributed by atoms with Crippen molar-refractivity contribution in [2.45, 2.75) is 11.8 Å². The molecule has 0 saturated heterocycles. The average molecular weight is 538 g/mol. The van der Waals surface area contributed by atoms with Crippen LogP contribution >= 0.6 is 0 Å². The lowest BCUT2D eigenvalue weighted by Crippen LogP contribution is -2.30. The summed E-state index contributed by atoms with van der Waals surface area (Å²) in [5.41, 5.74) is -1.08. The summed E-state index contributed by atoms with van der Waals surface area (Å²) in [5, 5.41) is 62.6. The van der Waals surface area contributed by atoms with E-state index in [0.29, 0.717) is 0 Å². The zero-order valence-corrected chi connectivity index (χ0v) is 20.2. The van der Waals surface area contributed by atoms with E-state index in [1.807, 2.05) is 0 Å². The molecule has 40 heavy (non-hydrogen) atoms. The molecule has 4 aromatic carbocycles. The van der Waals surface area contributed by atoms with Gasteiger partial charge in [-0.25, -0.2) is 9.59 Å². The number of rotatable bonds is 3. The molecule has 2 aliphatic carbocycles. The lowest BCUT2D eigenvalue weighted by atomic mass is 9.63. The van der Waals surface area contributed by atoms with E-state index in [2.05, 4.69) is 0 Å². The van der Waals surface area contributed by atoms with E-state index in [0.717, 1.165) is 12.1 Å². The van der Waals surface area contributed by atoms with E-state index in [4.69, 9.17) is 0 Å². The molecule has 0 saturated carbocycles. The third-order valence-electron chi connectivity index (χ3n) is 7.52. The maximum atomic E-state index is 13.6. The van der Waals surface area contributed by atoms with Crippen LogP contribution in [-0.4, -0.2) is 54.1 Å². The highest BCUT2D eigenvalue weighted by Crippen LogP contribution is 2.55. The van der Waals surface area contributed by atoms with Crippen LogP contribution in [0, 0.1) is 0 Å². The Hall–Kier alpha value is -5.64. The Labute approximate surface area is 224 Å². The molecule has 2 unspecified atom stereocenters. The molecule has 0 amide bonds. The molecular weight excluding hydrogens is 520 g/mol. The van der Waals surface area contributed by atoms with Crippen molar-refractivity contribution in [2.75, 3.05) is 0 Å². The van der Waals surface area contributed by atoms with Crippen molar-refractivity contribution in [3.8, 4) is 23.0 Å². The van der Waals surface area contributed by atoms with Crippen molar-refractivity contribution < 1.29 is 49.8 Å². The van der Waals surface area contributed by atoms with Gasteiger partial charge in [0, 0.05) is 11.8 Å². The summed E-state index contributed by atoms with van der Waals surface area (Å²) in [6, 6.07) is 12.7. The topological polar surface area (TPSA) is 190 Å². The normalized spacial score (nSPS) is 16.9. The van der Waals surface area contributed by atoms with E-state index in [1.165, 1.54) is 48.5 Å². The van der Waals surface area contributed by atoms with Gasteiger partial charge in [-0.05, 0) is 58.7 Å². The van der Waals surface area contributed by atoms with Crippen molar-refractivity contribution >= 4 is 23.5 Å². The maximum Gasteiger partial charge on any atom is 0.335 e. The second-order valence-corrected chi connectivity index (χ2v) is 9.63. The summed E-state index contributed by atoms with van der Waals surface area (Å²) < 4.78 is 0. The highest BCUT2D eigenvalue weighted by atomic mass is 16.4. The number of hydrogen-bond acceptors (Lipinski definition) is 8. The first kappa shape index (κ1) is 24.7. The monoisotopic (exact) mass is 538 g/mol. The van der Waals surface area contributed by atoms with Crippen LogP contribution in [0.1, 0.15) is 86.6 Å². The van der Waals surface area contributed by atoms with Crippen LogP contribution in [0.25, 0.3) is 0 Å². The number of hydrogen-bond donors (Lipinski definition) is 6. The summed E-state index contributed by atoms with van der Waals surface area (Å²) in [4.78, 5) is 51.0. The Morgan fingerprint density at radius 2 is 0.850 bits per heavy atom. The molecule has 2 aliphatic rings. The number of carboxylic acid groups (broad SMARTS) is 2. The second kappa shape index (κ2) is 8.43. The summed E-state index contributed by atoms with van der Waals surface area (Å²) in [6.45, 7) is 0. The van der Waals surface area contributed by atoms with Crippen molar-refractivity contribution in [3.63, 3.8) is 0 Å². The molecule has 0 heterocycles. The predicted octanol–water partition coefficient (Wildman–Crippen LogP) is 3.96. The maximum absolute atomic E-state index is 13.6. The highest BCUT2D eigenvalue weighted by molar-refractivity contribution is 6.18. The van der Waals surface area contributed by atoms with Gasteiger partial charge in [0.25, 0.3) is 0 Å². The number of carbonyl (C=O) groups is 4. The first-order valence-corrected chi connectivity index (χ1v) is 11.9. The number of benzene rings is 4. The van der Waals surface area contributed by atoms with E-state index >= 15 is 0 Å². The minimum Gasteiger partial charge on any atom is -0.507 e. The number of aromatic carboxylic acids is 2. The van der Waals surface area contributed by atoms with Gasteiger partial charge in [-0.2, -0.15) is 0 Å². The van der Waals surface area contributed by atoms with Gasteiger partial charge >= 0.3 is 11.9 Å². The minimum atomic E-state index is -1.39. The van der Waals surface area contributed by atoms with Gasteiger partial charge in [0.1, 0.15) is 23.0 Å². The van der Waals surface area contributed by atoms with Crippen molar-refractivity contribution in [1.82, 2.24) is 0 Å². The molecule has 6 N–H and O–H groups in total. The molecule has 0 radical (unpaired) electrons. The first-order chi connectivity index (χ1) is 19.0. The number of fused-ring (bicyclic) bond motifs is 4. The highest BCUT2D eigenvalue weighted by Gasteiger charge is 2.45. The molecule has 0 spiro atoms. The van der Waals surface area contributed by atoms with Crippen molar-refractivity contribution in [1.29, 1.82) is 0 Å². The SMILES string of the molecule is O=C(O)c1cc(O)c2c(c1)C(C1c3cccc(O)c3C(=O)c3c(O)cc(C(=O)O)cc31)c1cccc(O)c1C2=O. The molecule has 6 rings (SSSR count). The second-order valence-electron chi connectivity index (χ2n) is 9.63. The Bertz CT molecular complexity index is 1720. The first-order valence-electron chi connectivity index (χ1n) is 11.9. The smallest absolute Gasteiger partial charge is 0.335 e. The van der Waals surface area contributed by atoms with Crippen LogP contribution < -0.4 is 0 Å². The van der Waals surface area contributed by atoms with Gasteiger partial charge in [-0.1, -0.05) is 24.3 Å². The summed E-state index contributed by atoms with van der Waals surface area (Å²) in [7, 11) is 0. The van der Waals surface area contributed by atoms with Crippen LogP contribution in [0.15, 0.2) is 60.7 Å². The standard InChI is InChI=1S/C30H18O10/c31-17-5-1-3-13-21(15-7-11(29(37)38)9-19(33)25(15)27(35)23(13)17)22-14-4-2-6-18(32)24(14)28(36)26-16(22)8-12(30(39)40)10-20(26)34/h1-10,21-22,31-34H,(H,37,38)(H,39,40). The van der Waals surface area contributed by atoms with Gasteiger partial charge < -0.3 is 30.6 Å². The molecule has 4 aromatic rings. The van der Waals surface area contributed by atoms with E-state index in [1.54, 1.807) is 0 Å². The molecule has 0 bridgehead atoms. The van der Waals surface area contributed by atoms with E-state index in [9.17, 15) is 49.8 Å². The average Bonchev–Trinajstić information content (AvgIpc) is 2.89. The van der Waals surface area contributed by atoms with E-state index < -0.39 is 58.3 Å². The molecule has 198 valence electrons. The number of phenolic OH excluding ortho intramolecular Hbond substituents is 4. The van der Waals surface area contributed by atoms with Crippen LogP contribution in [0.2, 0.25) is 0 Å². The predicted molar refractivity (Wildman–Crippen MR) is 137 cm³/mol. The number of carbonyl (C=O) groups excluding carboxylic acids is 2. The quantitative estimate of drug-likeness (QED) is 0.223. The molecule has 0 aromatic heterocycles. The van der Waals surface area contributed by atoms with Crippen LogP contribution in [0.3, 0.4) is 0 Å². The summed E-state index contributed by atoms with van der Waals surface area (Å²) >= 11 is 0. The van der Waals surface area contributed by atoms with Gasteiger partial charge in [0.15, 0.2) is 0 Å². The third kappa shape index (κ3) is 3.29. The molecular formula is C30H18O10. The lowest BCUT2D eigenvalue weighted by Gasteiger charge is -2.38. The fourth-order valence-electron chi connectivity index (χ4n) is 5.96. The van der Waals surface area contributed by atoms with Crippen molar-refractivity contribution in [3.05, 3.63) is 116 Å². The fraction of sp³-hybridized carbons (Fsp3) is 0.0667. The van der Waals surface area contributed by atoms with Gasteiger partial charge in [0.2, 0.25) is 11.6 Å². The molecule has 10 nitrogen and oxygen atoms in total. The Kier molecular flexibility index (Phi) is 5.20.